The summed E-state index contributed by atoms with van der Waals surface area (Å²) in [5, 5.41) is 5.78. The van der Waals surface area contributed by atoms with Crippen LogP contribution in [0.2, 0.25) is 5.02 Å². The Labute approximate surface area is 178 Å². The molecule has 0 aliphatic heterocycles. The fourth-order valence-corrected chi connectivity index (χ4v) is 3.15. The number of hydrogen-bond acceptors (Lipinski definition) is 4. The van der Waals surface area contributed by atoms with Gasteiger partial charge in [0.1, 0.15) is 23.7 Å². The molecule has 6 heteroatoms. The van der Waals surface area contributed by atoms with Crippen LogP contribution in [0.1, 0.15) is 28.6 Å². The minimum atomic E-state index is -0.375. The predicted octanol–water partition coefficient (Wildman–Crippen LogP) is 5.82. The standard InChI is InChI=1S/C24H19ClN2O3/c1-16(23-14-17-8-3-6-12-21(17)30-23)26-27-24(28)19-10-4-7-13-22(19)29-15-18-9-2-5-11-20(18)25/h2-14H,15H2,1H3,(H,27,28)/b26-16-. The molecule has 30 heavy (non-hydrogen) atoms. The van der Waals surface area contributed by atoms with Gasteiger partial charge in [-0.3, -0.25) is 4.79 Å². The molecule has 0 aliphatic rings. The Morgan fingerprint density at radius 1 is 1.03 bits per heavy atom. The van der Waals surface area contributed by atoms with Crippen LogP contribution in [0.4, 0.5) is 0 Å². The quantitative estimate of drug-likeness (QED) is 0.317. The number of carbonyl (C=O) groups is 1. The number of benzene rings is 3. The zero-order valence-corrected chi connectivity index (χ0v) is 17.0. The molecule has 0 atom stereocenters. The first-order valence-corrected chi connectivity index (χ1v) is 9.78. The number of nitrogens with zero attached hydrogens (tertiary/aromatic N) is 1. The lowest BCUT2D eigenvalue weighted by Crippen LogP contribution is -2.20. The van der Waals surface area contributed by atoms with E-state index in [0.717, 1.165) is 16.5 Å². The predicted molar refractivity (Wildman–Crippen MR) is 118 cm³/mol. The Hall–Kier alpha value is -3.57. The number of nitrogens with one attached hydrogen (secondary N) is 1. The van der Waals surface area contributed by atoms with Crippen molar-refractivity contribution in [2.45, 2.75) is 13.5 Å². The Bertz CT molecular complexity index is 1200. The monoisotopic (exact) mass is 418 g/mol. The van der Waals surface area contributed by atoms with Gasteiger partial charge < -0.3 is 9.15 Å². The molecular formula is C24H19ClN2O3. The Kier molecular flexibility index (Phi) is 5.82. The Morgan fingerprint density at radius 2 is 1.77 bits per heavy atom. The lowest BCUT2D eigenvalue weighted by molar-refractivity contribution is 0.0950. The third-order valence-electron chi connectivity index (χ3n) is 4.58. The summed E-state index contributed by atoms with van der Waals surface area (Å²) in [7, 11) is 0. The molecular weight excluding hydrogens is 400 g/mol. The highest BCUT2D eigenvalue weighted by Crippen LogP contribution is 2.22. The summed E-state index contributed by atoms with van der Waals surface area (Å²) in [6.45, 7) is 2.03. The van der Waals surface area contributed by atoms with Crippen LogP contribution < -0.4 is 10.2 Å². The van der Waals surface area contributed by atoms with Crippen molar-refractivity contribution >= 4 is 34.2 Å². The van der Waals surface area contributed by atoms with Gasteiger partial charge >= 0.3 is 0 Å². The summed E-state index contributed by atoms with van der Waals surface area (Å²) in [6, 6.07) is 24.0. The van der Waals surface area contributed by atoms with E-state index >= 15 is 0 Å². The number of furan rings is 1. The van der Waals surface area contributed by atoms with Crippen molar-refractivity contribution in [2.24, 2.45) is 5.10 Å². The van der Waals surface area contributed by atoms with Crippen LogP contribution in [0.25, 0.3) is 11.0 Å². The summed E-state index contributed by atoms with van der Waals surface area (Å²) in [5.74, 6) is 0.673. The van der Waals surface area contributed by atoms with Crippen molar-refractivity contribution in [1.29, 1.82) is 0 Å². The van der Waals surface area contributed by atoms with E-state index in [-0.39, 0.29) is 12.5 Å². The molecule has 0 spiro atoms. The van der Waals surface area contributed by atoms with E-state index < -0.39 is 0 Å². The molecule has 0 saturated heterocycles. The molecule has 150 valence electrons. The van der Waals surface area contributed by atoms with E-state index in [1.54, 1.807) is 31.2 Å². The second kappa shape index (κ2) is 8.84. The highest BCUT2D eigenvalue weighted by Gasteiger charge is 2.13. The van der Waals surface area contributed by atoms with Crippen LogP contribution in [0.5, 0.6) is 5.75 Å². The first-order valence-electron chi connectivity index (χ1n) is 9.40. The van der Waals surface area contributed by atoms with Gasteiger partial charge in [-0.2, -0.15) is 5.10 Å². The summed E-state index contributed by atoms with van der Waals surface area (Å²) >= 11 is 6.18. The number of halogens is 1. The number of ether oxygens (including phenoxy) is 1. The maximum absolute atomic E-state index is 12.7. The molecule has 0 radical (unpaired) electrons. The lowest BCUT2D eigenvalue weighted by Gasteiger charge is -2.11. The fourth-order valence-electron chi connectivity index (χ4n) is 2.96. The fraction of sp³-hybridized carbons (Fsp3) is 0.0833. The average molecular weight is 419 g/mol. The lowest BCUT2D eigenvalue weighted by atomic mass is 10.2. The van der Waals surface area contributed by atoms with E-state index in [1.807, 2.05) is 54.6 Å². The number of hydrogen-bond donors (Lipinski definition) is 1. The highest BCUT2D eigenvalue weighted by molar-refractivity contribution is 6.31. The molecule has 1 amide bonds. The van der Waals surface area contributed by atoms with Crippen molar-refractivity contribution in [2.75, 3.05) is 0 Å². The summed E-state index contributed by atoms with van der Waals surface area (Å²) < 4.78 is 11.6. The van der Waals surface area contributed by atoms with Gasteiger partial charge in [-0.1, -0.05) is 60.1 Å². The zero-order valence-electron chi connectivity index (χ0n) is 16.3. The molecule has 1 aromatic heterocycles. The smallest absolute Gasteiger partial charge is 0.275 e. The minimum Gasteiger partial charge on any atom is -0.488 e. The number of amides is 1. The molecule has 0 fully saturated rings. The molecule has 0 aliphatic carbocycles. The molecule has 3 aromatic carbocycles. The molecule has 5 nitrogen and oxygen atoms in total. The first-order chi connectivity index (χ1) is 14.6. The number of rotatable bonds is 6. The van der Waals surface area contributed by atoms with E-state index in [9.17, 15) is 4.79 Å². The first kappa shape index (κ1) is 19.7. The molecule has 4 rings (SSSR count). The Balaban J connectivity index is 1.48. The second-order valence-corrected chi connectivity index (χ2v) is 7.07. The normalized spacial score (nSPS) is 11.5. The van der Waals surface area contributed by atoms with Gasteiger partial charge in [0.15, 0.2) is 5.76 Å². The van der Waals surface area contributed by atoms with Crippen molar-refractivity contribution < 1.29 is 13.9 Å². The van der Waals surface area contributed by atoms with Crippen LogP contribution >= 0.6 is 11.6 Å². The molecule has 0 unspecified atom stereocenters. The summed E-state index contributed by atoms with van der Waals surface area (Å²) in [5.41, 5.74) is 5.13. The van der Waals surface area contributed by atoms with Crippen molar-refractivity contribution in [3.8, 4) is 5.75 Å². The average Bonchev–Trinajstić information content (AvgIpc) is 3.21. The summed E-state index contributed by atoms with van der Waals surface area (Å²) in [4.78, 5) is 12.7. The molecule has 4 aromatic rings. The molecule has 0 saturated carbocycles. The van der Waals surface area contributed by atoms with Crippen molar-refractivity contribution in [3.05, 3.63) is 101 Å². The van der Waals surface area contributed by atoms with Gasteiger partial charge in [0.05, 0.1) is 5.56 Å². The number of fused-ring (bicyclic) bond motifs is 1. The third-order valence-corrected chi connectivity index (χ3v) is 4.95. The van der Waals surface area contributed by atoms with Crippen molar-refractivity contribution in [1.82, 2.24) is 5.43 Å². The largest absolute Gasteiger partial charge is 0.488 e. The van der Waals surface area contributed by atoms with E-state index in [0.29, 0.717) is 27.8 Å². The highest BCUT2D eigenvalue weighted by atomic mass is 35.5. The molecule has 0 bridgehead atoms. The van der Waals surface area contributed by atoms with Crippen LogP contribution in [-0.2, 0) is 6.61 Å². The van der Waals surface area contributed by atoms with Gasteiger partial charge in [-0.15, -0.1) is 0 Å². The minimum absolute atomic E-state index is 0.255. The van der Waals surface area contributed by atoms with Crippen LogP contribution in [0.3, 0.4) is 0 Å². The number of hydrazone groups is 1. The number of carbonyl (C=O) groups excluding carboxylic acids is 1. The third kappa shape index (κ3) is 4.36. The Morgan fingerprint density at radius 3 is 2.60 bits per heavy atom. The van der Waals surface area contributed by atoms with E-state index in [4.69, 9.17) is 20.8 Å². The van der Waals surface area contributed by atoms with Crippen molar-refractivity contribution in [3.63, 3.8) is 0 Å². The van der Waals surface area contributed by atoms with Crippen LogP contribution in [0.15, 0.2) is 88.4 Å². The van der Waals surface area contributed by atoms with Gasteiger partial charge in [-0.05, 0) is 37.3 Å². The zero-order chi connectivity index (χ0) is 20.9. The number of para-hydroxylation sites is 2. The second-order valence-electron chi connectivity index (χ2n) is 6.66. The van der Waals surface area contributed by atoms with Gasteiger partial charge in [0, 0.05) is 16.0 Å². The van der Waals surface area contributed by atoms with Gasteiger partial charge in [-0.25, -0.2) is 5.43 Å². The SMILES string of the molecule is C/C(=N/NC(=O)c1ccccc1OCc1ccccc1Cl)c1cc2ccccc2o1. The topological polar surface area (TPSA) is 63.8 Å². The van der Waals surface area contributed by atoms with Crippen LogP contribution in [0, 0.1) is 0 Å². The maximum atomic E-state index is 12.7. The van der Waals surface area contributed by atoms with Crippen LogP contribution in [-0.4, -0.2) is 11.6 Å². The maximum Gasteiger partial charge on any atom is 0.275 e. The molecule has 1 N–H and O–H groups in total. The van der Waals surface area contributed by atoms with E-state index in [2.05, 4.69) is 10.5 Å². The van der Waals surface area contributed by atoms with Gasteiger partial charge in [0.2, 0.25) is 0 Å². The summed E-state index contributed by atoms with van der Waals surface area (Å²) in [6.07, 6.45) is 0. The van der Waals surface area contributed by atoms with Gasteiger partial charge in [0.25, 0.3) is 5.91 Å². The van der Waals surface area contributed by atoms with E-state index in [1.165, 1.54) is 0 Å². The molecule has 1 heterocycles.